The Morgan fingerprint density at radius 3 is 2.50 bits per heavy atom. The third-order valence-electron chi connectivity index (χ3n) is 3.78. The number of aromatic amines is 1. The summed E-state index contributed by atoms with van der Waals surface area (Å²) in [6.45, 7) is 4.49. The highest BCUT2D eigenvalue weighted by Crippen LogP contribution is 2.30. The molecule has 7 heteroatoms. The lowest BCUT2D eigenvalue weighted by Gasteiger charge is -2.15. The van der Waals surface area contributed by atoms with Crippen LogP contribution in [0.25, 0.3) is 0 Å². The number of alkyl halides is 3. The molecule has 18 heavy (non-hydrogen) atoms. The summed E-state index contributed by atoms with van der Waals surface area (Å²) in [5, 5.41) is 9.13. The fraction of sp³-hybridized carbons (Fsp3) is 0.727. The van der Waals surface area contributed by atoms with Crippen LogP contribution in [0.3, 0.4) is 0 Å². The lowest BCUT2D eigenvalue weighted by atomic mass is 10.0. The largest absolute Gasteiger partial charge is 0.435 e. The van der Waals surface area contributed by atoms with Gasteiger partial charge in [0, 0.05) is 25.3 Å². The molecule has 2 aliphatic heterocycles. The quantitative estimate of drug-likeness (QED) is 0.836. The first-order valence-corrected chi connectivity index (χ1v) is 6.07. The Labute approximate surface area is 103 Å². The molecular weight excluding hydrogens is 245 g/mol. The average Bonchev–Trinajstić information content (AvgIpc) is 2.90. The molecular formula is C11H15F3N4. The number of hydrogen-bond donors (Lipinski definition) is 2. The van der Waals surface area contributed by atoms with Crippen LogP contribution in [0.4, 0.5) is 13.2 Å². The van der Waals surface area contributed by atoms with E-state index in [-0.39, 0.29) is 0 Å². The number of nitrogens with zero attached hydrogens (tertiary/aromatic N) is 2. The van der Waals surface area contributed by atoms with Crippen LogP contribution in [0.15, 0.2) is 6.07 Å². The molecule has 1 aromatic rings. The molecule has 2 aliphatic rings. The minimum atomic E-state index is -4.36. The van der Waals surface area contributed by atoms with Crippen molar-refractivity contribution in [2.45, 2.75) is 12.7 Å². The Balaban J connectivity index is 1.62. The summed E-state index contributed by atoms with van der Waals surface area (Å²) >= 11 is 0. The second-order valence-corrected chi connectivity index (χ2v) is 5.15. The molecule has 3 heterocycles. The summed E-state index contributed by atoms with van der Waals surface area (Å²) in [6.07, 6.45) is -4.36. The molecule has 0 unspecified atom stereocenters. The Morgan fingerprint density at radius 1 is 1.28 bits per heavy atom. The number of H-pyrrole nitrogens is 1. The van der Waals surface area contributed by atoms with E-state index in [1.807, 2.05) is 0 Å². The van der Waals surface area contributed by atoms with Gasteiger partial charge in [0.15, 0.2) is 5.69 Å². The Bertz CT molecular complexity index is 416. The molecule has 0 aliphatic carbocycles. The molecule has 100 valence electrons. The van der Waals surface area contributed by atoms with Crippen LogP contribution >= 0.6 is 0 Å². The molecule has 0 bridgehead atoms. The van der Waals surface area contributed by atoms with E-state index in [0.29, 0.717) is 24.1 Å². The van der Waals surface area contributed by atoms with Crippen LogP contribution in [0, 0.1) is 11.8 Å². The predicted octanol–water partition coefficient (Wildman–Crippen LogP) is 1.08. The van der Waals surface area contributed by atoms with Gasteiger partial charge in [-0.2, -0.15) is 18.3 Å². The monoisotopic (exact) mass is 260 g/mol. The van der Waals surface area contributed by atoms with Gasteiger partial charge < -0.3 is 5.32 Å². The summed E-state index contributed by atoms with van der Waals surface area (Å²) in [6, 6.07) is 1.10. The molecule has 0 aromatic carbocycles. The number of rotatable bonds is 2. The Morgan fingerprint density at radius 2 is 1.94 bits per heavy atom. The lowest BCUT2D eigenvalue weighted by molar-refractivity contribution is -0.141. The van der Waals surface area contributed by atoms with Crippen molar-refractivity contribution in [3.05, 3.63) is 17.5 Å². The zero-order valence-electron chi connectivity index (χ0n) is 9.80. The van der Waals surface area contributed by atoms with Gasteiger partial charge in [0.25, 0.3) is 0 Å². The number of halogens is 3. The van der Waals surface area contributed by atoms with Crippen molar-refractivity contribution in [2.75, 3.05) is 26.2 Å². The van der Waals surface area contributed by atoms with Gasteiger partial charge in [0.05, 0.1) is 0 Å². The summed E-state index contributed by atoms with van der Waals surface area (Å²) < 4.78 is 37.2. The number of aromatic nitrogens is 2. The number of fused-ring (bicyclic) bond motifs is 1. The highest BCUT2D eigenvalue weighted by atomic mass is 19.4. The van der Waals surface area contributed by atoms with Crippen LogP contribution in [-0.2, 0) is 12.7 Å². The van der Waals surface area contributed by atoms with E-state index < -0.39 is 11.9 Å². The molecule has 3 rings (SSSR count). The SMILES string of the molecule is FC(F)(F)c1cc(CN2C[C@H]3CNC[C@H]3C2)[nH]n1. The van der Waals surface area contributed by atoms with Gasteiger partial charge in [-0.25, -0.2) is 0 Å². The first-order valence-electron chi connectivity index (χ1n) is 6.07. The lowest BCUT2D eigenvalue weighted by Crippen LogP contribution is -2.25. The summed E-state index contributed by atoms with van der Waals surface area (Å²) in [7, 11) is 0. The summed E-state index contributed by atoms with van der Waals surface area (Å²) in [5.74, 6) is 1.30. The fourth-order valence-corrected chi connectivity index (χ4v) is 2.91. The van der Waals surface area contributed by atoms with Crippen molar-refractivity contribution in [3.63, 3.8) is 0 Å². The Hall–Kier alpha value is -1.08. The van der Waals surface area contributed by atoms with Gasteiger partial charge in [-0.05, 0) is 31.0 Å². The molecule has 2 N–H and O–H groups in total. The van der Waals surface area contributed by atoms with Gasteiger partial charge in [0.2, 0.25) is 0 Å². The normalized spacial score (nSPS) is 28.8. The minimum absolute atomic E-state index is 0.524. The topological polar surface area (TPSA) is 44.0 Å². The molecule has 0 radical (unpaired) electrons. The minimum Gasteiger partial charge on any atom is -0.316 e. The second kappa shape index (κ2) is 4.24. The van der Waals surface area contributed by atoms with Gasteiger partial charge >= 0.3 is 6.18 Å². The maximum Gasteiger partial charge on any atom is 0.435 e. The number of hydrogen-bond acceptors (Lipinski definition) is 3. The molecule has 1 aromatic heterocycles. The van der Waals surface area contributed by atoms with Crippen LogP contribution < -0.4 is 5.32 Å². The number of likely N-dealkylation sites (tertiary alicyclic amines) is 1. The predicted molar refractivity (Wildman–Crippen MR) is 58.7 cm³/mol. The maximum absolute atomic E-state index is 12.4. The third kappa shape index (κ3) is 2.24. The van der Waals surface area contributed by atoms with E-state index in [2.05, 4.69) is 20.4 Å². The third-order valence-corrected chi connectivity index (χ3v) is 3.78. The molecule has 2 fully saturated rings. The zero-order valence-corrected chi connectivity index (χ0v) is 9.80. The van der Waals surface area contributed by atoms with Crippen LogP contribution in [-0.4, -0.2) is 41.3 Å². The molecule has 2 saturated heterocycles. The molecule has 4 nitrogen and oxygen atoms in total. The number of nitrogens with one attached hydrogen (secondary N) is 2. The highest BCUT2D eigenvalue weighted by Gasteiger charge is 2.37. The molecule has 2 atom stereocenters. The first-order chi connectivity index (χ1) is 8.52. The van der Waals surface area contributed by atoms with E-state index in [0.717, 1.165) is 32.2 Å². The smallest absolute Gasteiger partial charge is 0.316 e. The van der Waals surface area contributed by atoms with Crippen LogP contribution in [0.1, 0.15) is 11.4 Å². The fourth-order valence-electron chi connectivity index (χ4n) is 2.91. The van der Waals surface area contributed by atoms with Crippen molar-refractivity contribution >= 4 is 0 Å². The van der Waals surface area contributed by atoms with Gasteiger partial charge in [-0.15, -0.1) is 0 Å². The van der Waals surface area contributed by atoms with Gasteiger partial charge in [-0.1, -0.05) is 0 Å². The second-order valence-electron chi connectivity index (χ2n) is 5.15. The molecule has 0 amide bonds. The summed E-state index contributed by atoms with van der Waals surface area (Å²) in [4.78, 5) is 2.20. The van der Waals surface area contributed by atoms with Gasteiger partial charge in [0.1, 0.15) is 0 Å². The first kappa shape index (κ1) is 12.0. The molecule has 0 spiro atoms. The van der Waals surface area contributed by atoms with E-state index in [4.69, 9.17) is 0 Å². The average molecular weight is 260 g/mol. The molecule has 0 saturated carbocycles. The highest BCUT2D eigenvalue weighted by molar-refractivity contribution is 5.12. The van der Waals surface area contributed by atoms with E-state index in [1.54, 1.807) is 0 Å². The van der Waals surface area contributed by atoms with Crippen molar-refractivity contribution in [1.82, 2.24) is 20.4 Å². The zero-order chi connectivity index (χ0) is 12.8. The van der Waals surface area contributed by atoms with E-state index >= 15 is 0 Å². The van der Waals surface area contributed by atoms with Crippen LogP contribution in [0.2, 0.25) is 0 Å². The van der Waals surface area contributed by atoms with E-state index in [9.17, 15) is 13.2 Å². The standard InChI is InChI=1S/C11H15F3N4/c12-11(13,14)10-1-9(16-17-10)6-18-4-7-2-15-3-8(7)5-18/h1,7-8,15H,2-6H2,(H,16,17)/t7-,8+. The van der Waals surface area contributed by atoms with Crippen molar-refractivity contribution in [2.24, 2.45) is 11.8 Å². The maximum atomic E-state index is 12.4. The van der Waals surface area contributed by atoms with E-state index in [1.165, 1.54) is 0 Å². The van der Waals surface area contributed by atoms with Crippen molar-refractivity contribution in [1.29, 1.82) is 0 Å². The van der Waals surface area contributed by atoms with Crippen LogP contribution in [0.5, 0.6) is 0 Å². The van der Waals surface area contributed by atoms with Gasteiger partial charge in [-0.3, -0.25) is 10.00 Å². The van der Waals surface area contributed by atoms with Crippen molar-refractivity contribution in [3.8, 4) is 0 Å². The summed E-state index contributed by atoms with van der Waals surface area (Å²) in [5.41, 5.74) is -0.297. The van der Waals surface area contributed by atoms with Crippen molar-refractivity contribution < 1.29 is 13.2 Å². The Kier molecular flexibility index (Phi) is 2.82.